The summed E-state index contributed by atoms with van der Waals surface area (Å²) in [6, 6.07) is 8.79. The van der Waals surface area contributed by atoms with Crippen molar-refractivity contribution >= 4 is 0 Å². The quantitative estimate of drug-likeness (QED) is 0.663. The summed E-state index contributed by atoms with van der Waals surface area (Å²) in [5.74, 6) is 2.49. The van der Waals surface area contributed by atoms with Gasteiger partial charge < -0.3 is 9.64 Å². The van der Waals surface area contributed by atoms with Crippen LogP contribution in [0.1, 0.15) is 64.4 Å². The standard InChI is InChI=1S/C20H33NO/c1-4-7-13-21-14-9-11-18(16-21)20(5-2)17-10-8-12-19(15-17)22-6-3/h8,10,12,15,18,20H,4-7,9,11,13-14,16H2,1-3H3. The van der Waals surface area contributed by atoms with Crippen LogP contribution in [-0.4, -0.2) is 31.1 Å². The van der Waals surface area contributed by atoms with E-state index in [1.165, 1.54) is 57.3 Å². The van der Waals surface area contributed by atoms with Gasteiger partial charge in [-0.2, -0.15) is 0 Å². The van der Waals surface area contributed by atoms with Crippen molar-refractivity contribution < 1.29 is 4.74 Å². The maximum Gasteiger partial charge on any atom is 0.119 e. The average Bonchev–Trinajstić information content (AvgIpc) is 2.55. The Labute approximate surface area is 136 Å². The minimum Gasteiger partial charge on any atom is -0.494 e. The first-order chi connectivity index (χ1) is 10.8. The lowest BCUT2D eigenvalue weighted by atomic mass is 9.79. The van der Waals surface area contributed by atoms with Crippen molar-refractivity contribution in [3.63, 3.8) is 0 Å². The van der Waals surface area contributed by atoms with Gasteiger partial charge >= 0.3 is 0 Å². The van der Waals surface area contributed by atoms with Crippen molar-refractivity contribution in [2.45, 2.75) is 58.8 Å². The first-order valence-electron chi connectivity index (χ1n) is 9.23. The van der Waals surface area contributed by atoms with E-state index < -0.39 is 0 Å². The Morgan fingerprint density at radius 1 is 1.27 bits per heavy atom. The number of piperidine rings is 1. The molecule has 1 heterocycles. The van der Waals surface area contributed by atoms with Gasteiger partial charge in [0, 0.05) is 6.54 Å². The molecule has 22 heavy (non-hydrogen) atoms. The van der Waals surface area contributed by atoms with Gasteiger partial charge in [0.05, 0.1) is 6.61 Å². The predicted molar refractivity (Wildman–Crippen MR) is 94.7 cm³/mol. The third-order valence-corrected chi connectivity index (χ3v) is 4.98. The molecule has 1 aromatic carbocycles. The van der Waals surface area contributed by atoms with Crippen LogP contribution in [0.15, 0.2) is 24.3 Å². The fourth-order valence-electron chi connectivity index (χ4n) is 3.85. The van der Waals surface area contributed by atoms with Crippen LogP contribution in [0.4, 0.5) is 0 Å². The van der Waals surface area contributed by atoms with E-state index >= 15 is 0 Å². The minimum absolute atomic E-state index is 0.671. The Kier molecular flexibility index (Phi) is 7.24. The summed E-state index contributed by atoms with van der Waals surface area (Å²) in [6.45, 7) is 11.3. The summed E-state index contributed by atoms with van der Waals surface area (Å²) in [6.07, 6.45) is 6.59. The summed E-state index contributed by atoms with van der Waals surface area (Å²) in [5, 5.41) is 0. The van der Waals surface area contributed by atoms with Crippen LogP contribution in [0.5, 0.6) is 5.75 Å². The molecule has 2 heteroatoms. The lowest BCUT2D eigenvalue weighted by molar-refractivity contribution is 0.153. The van der Waals surface area contributed by atoms with Crippen molar-refractivity contribution in [3.05, 3.63) is 29.8 Å². The zero-order chi connectivity index (χ0) is 15.8. The Hall–Kier alpha value is -1.02. The second kappa shape index (κ2) is 9.19. The lowest BCUT2D eigenvalue weighted by Crippen LogP contribution is -2.38. The van der Waals surface area contributed by atoms with Crippen LogP contribution in [0, 0.1) is 5.92 Å². The van der Waals surface area contributed by atoms with Gasteiger partial charge in [0.2, 0.25) is 0 Å². The number of likely N-dealkylation sites (tertiary alicyclic amines) is 1. The molecule has 0 radical (unpaired) electrons. The SMILES string of the molecule is CCCCN1CCCC(C(CC)c2cccc(OCC)c2)C1. The molecule has 0 aromatic heterocycles. The summed E-state index contributed by atoms with van der Waals surface area (Å²) in [7, 11) is 0. The Balaban J connectivity index is 2.05. The highest BCUT2D eigenvalue weighted by molar-refractivity contribution is 5.31. The van der Waals surface area contributed by atoms with Gasteiger partial charge in [0.15, 0.2) is 0 Å². The first kappa shape index (κ1) is 17.3. The van der Waals surface area contributed by atoms with Crippen molar-refractivity contribution in [3.8, 4) is 5.75 Å². The van der Waals surface area contributed by atoms with E-state index in [4.69, 9.17) is 4.74 Å². The number of nitrogens with zero attached hydrogens (tertiary/aromatic N) is 1. The molecular weight excluding hydrogens is 270 g/mol. The zero-order valence-corrected chi connectivity index (χ0v) is 14.7. The number of benzene rings is 1. The molecule has 0 amide bonds. The first-order valence-corrected chi connectivity index (χ1v) is 9.23. The van der Waals surface area contributed by atoms with Gasteiger partial charge in [-0.05, 0) is 75.2 Å². The van der Waals surface area contributed by atoms with E-state index in [1.807, 2.05) is 0 Å². The van der Waals surface area contributed by atoms with Crippen LogP contribution in [-0.2, 0) is 0 Å². The third kappa shape index (κ3) is 4.74. The number of ether oxygens (including phenoxy) is 1. The number of unbranched alkanes of at least 4 members (excludes halogenated alkanes) is 1. The molecule has 2 nitrogen and oxygen atoms in total. The molecule has 2 atom stereocenters. The van der Waals surface area contributed by atoms with Crippen molar-refractivity contribution in [1.29, 1.82) is 0 Å². The molecule has 0 saturated carbocycles. The molecule has 124 valence electrons. The molecular formula is C20H33NO. The van der Waals surface area contributed by atoms with Crippen LogP contribution in [0.2, 0.25) is 0 Å². The smallest absolute Gasteiger partial charge is 0.119 e. The molecule has 0 aliphatic carbocycles. The summed E-state index contributed by atoms with van der Waals surface area (Å²) in [4.78, 5) is 2.69. The molecule has 1 aliphatic heterocycles. The third-order valence-electron chi connectivity index (χ3n) is 4.98. The van der Waals surface area contributed by atoms with E-state index in [9.17, 15) is 0 Å². The topological polar surface area (TPSA) is 12.5 Å². The maximum atomic E-state index is 5.69. The van der Waals surface area contributed by atoms with Crippen LogP contribution < -0.4 is 4.74 Å². The Bertz CT molecular complexity index is 431. The van der Waals surface area contributed by atoms with E-state index in [0.29, 0.717) is 5.92 Å². The molecule has 1 aliphatic rings. The molecule has 0 bridgehead atoms. The van der Waals surface area contributed by atoms with E-state index in [2.05, 4.69) is 49.9 Å². The van der Waals surface area contributed by atoms with E-state index in [0.717, 1.165) is 18.3 Å². The monoisotopic (exact) mass is 303 g/mol. The minimum atomic E-state index is 0.671. The second-order valence-corrected chi connectivity index (χ2v) is 6.58. The molecule has 1 saturated heterocycles. The largest absolute Gasteiger partial charge is 0.494 e. The van der Waals surface area contributed by atoms with Gasteiger partial charge in [-0.15, -0.1) is 0 Å². The summed E-state index contributed by atoms with van der Waals surface area (Å²) < 4.78 is 5.69. The lowest BCUT2D eigenvalue weighted by Gasteiger charge is -2.37. The number of hydrogen-bond donors (Lipinski definition) is 0. The maximum absolute atomic E-state index is 5.69. The van der Waals surface area contributed by atoms with Crippen LogP contribution in [0.3, 0.4) is 0 Å². The predicted octanol–water partition coefficient (Wildman–Crippen LogP) is 5.09. The summed E-state index contributed by atoms with van der Waals surface area (Å²) in [5.41, 5.74) is 1.47. The summed E-state index contributed by atoms with van der Waals surface area (Å²) >= 11 is 0. The Morgan fingerprint density at radius 3 is 2.86 bits per heavy atom. The van der Waals surface area contributed by atoms with Gasteiger partial charge in [0.25, 0.3) is 0 Å². The van der Waals surface area contributed by atoms with Gasteiger partial charge in [-0.3, -0.25) is 0 Å². The molecule has 0 spiro atoms. The van der Waals surface area contributed by atoms with Crippen LogP contribution in [0.25, 0.3) is 0 Å². The van der Waals surface area contributed by atoms with Gasteiger partial charge in [0.1, 0.15) is 5.75 Å². The normalized spacial score (nSPS) is 20.8. The van der Waals surface area contributed by atoms with Gasteiger partial charge in [-0.25, -0.2) is 0 Å². The van der Waals surface area contributed by atoms with Crippen LogP contribution >= 0.6 is 0 Å². The molecule has 2 unspecified atom stereocenters. The highest BCUT2D eigenvalue weighted by Gasteiger charge is 2.27. The van der Waals surface area contributed by atoms with E-state index in [1.54, 1.807) is 0 Å². The highest BCUT2D eigenvalue weighted by atomic mass is 16.5. The molecule has 2 rings (SSSR count). The fraction of sp³-hybridized carbons (Fsp3) is 0.700. The highest BCUT2D eigenvalue weighted by Crippen LogP contribution is 2.35. The Morgan fingerprint density at radius 2 is 2.14 bits per heavy atom. The van der Waals surface area contributed by atoms with Crippen molar-refractivity contribution in [1.82, 2.24) is 4.90 Å². The fourth-order valence-corrected chi connectivity index (χ4v) is 3.85. The van der Waals surface area contributed by atoms with Crippen molar-refractivity contribution in [2.24, 2.45) is 5.92 Å². The zero-order valence-electron chi connectivity index (χ0n) is 14.7. The number of rotatable bonds is 8. The van der Waals surface area contributed by atoms with E-state index in [-0.39, 0.29) is 0 Å². The van der Waals surface area contributed by atoms with Gasteiger partial charge in [-0.1, -0.05) is 32.4 Å². The average molecular weight is 303 g/mol. The molecule has 1 aromatic rings. The molecule has 0 N–H and O–H groups in total. The number of hydrogen-bond acceptors (Lipinski definition) is 2. The second-order valence-electron chi connectivity index (χ2n) is 6.58. The van der Waals surface area contributed by atoms with Crippen molar-refractivity contribution in [2.75, 3.05) is 26.2 Å². The molecule has 1 fully saturated rings.